The number of carbonyl (C=O) groups excluding carboxylic acids is 1. The highest BCUT2D eigenvalue weighted by Crippen LogP contribution is 2.07. The number of amides is 1. The predicted octanol–water partition coefficient (Wildman–Crippen LogP) is 0.419. The predicted molar refractivity (Wildman–Crippen MR) is 56.4 cm³/mol. The average Bonchev–Trinajstić information content (AvgIpc) is 2.10. The molecule has 5 nitrogen and oxygen atoms in total. The second-order valence-electron chi connectivity index (χ2n) is 4.16. The van der Waals surface area contributed by atoms with Crippen molar-refractivity contribution in [2.24, 2.45) is 0 Å². The van der Waals surface area contributed by atoms with E-state index < -0.39 is 23.8 Å². The maximum absolute atomic E-state index is 11.3. The average molecular weight is 217 g/mol. The van der Waals surface area contributed by atoms with Gasteiger partial charge in [-0.3, -0.25) is 0 Å². The second kappa shape index (κ2) is 5.72. The Morgan fingerprint density at radius 3 is 2.47 bits per heavy atom. The molecule has 1 amide bonds. The number of aliphatic hydroxyl groups is 2. The van der Waals surface area contributed by atoms with Crippen LogP contribution in [0.15, 0.2) is 12.7 Å². The third-order valence-corrected chi connectivity index (χ3v) is 1.55. The van der Waals surface area contributed by atoms with E-state index in [2.05, 4.69) is 11.9 Å². The molecule has 15 heavy (non-hydrogen) atoms. The van der Waals surface area contributed by atoms with E-state index in [0.717, 1.165) is 0 Å². The second-order valence-corrected chi connectivity index (χ2v) is 4.16. The molecule has 0 saturated carbocycles. The molecule has 0 bridgehead atoms. The number of alkyl carbamates (subject to hydrolysis) is 1. The first kappa shape index (κ1) is 13.9. The molecule has 0 aromatic rings. The first-order valence-electron chi connectivity index (χ1n) is 4.71. The van der Waals surface area contributed by atoms with Gasteiger partial charge in [-0.05, 0) is 20.8 Å². The van der Waals surface area contributed by atoms with Crippen LogP contribution < -0.4 is 5.32 Å². The maximum atomic E-state index is 11.3. The Hall–Kier alpha value is -1.07. The van der Waals surface area contributed by atoms with E-state index in [1.54, 1.807) is 20.8 Å². The van der Waals surface area contributed by atoms with Crippen LogP contribution in [0.1, 0.15) is 20.8 Å². The van der Waals surface area contributed by atoms with Crippen molar-refractivity contribution in [3.05, 3.63) is 12.7 Å². The van der Waals surface area contributed by atoms with Crippen molar-refractivity contribution in [2.45, 2.75) is 38.5 Å². The molecule has 88 valence electrons. The highest BCUT2D eigenvalue weighted by Gasteiger charge is 2.22. The van der Waals surface area contributed by atoms with Crippen molar-refractivity contribution < 1.29 is 19.7 Å². The Morgan fingerprint density at radius 1 is 1.60 bits per heavy atom. The van der Waals surface area contributed by atoms with E-state index in [4.69, 9.17) is 9.84 Å². The van der Waals surface area contributed by atoms with Gasteiger partial charge in [0.1, 0.15) is 5.60 Å². The van der Waals surface area contributed by atoms with Crippen molar-refractivity contribution in [3.8, 4) is 0 Å². The van der Waals surface area contributed by atoms with Gasteiger partial charge in [-0.25, -0.2) is 4.79 Å². The quantitative estimate of drug-likeness (QED) is 0.596. The van der Waals surface area contributed by atoms with Gasteiger partial charge >= 0.3 is 6.09 Å². The van der Waals surface area contributed by atoms with Crippen molar-refractivity contribution in [1.82, 2.24) is 5.32 Å². The number of aliphatic hydroxyl groups excluding tert-OH is 2. The minimum Gasteiger partial charge on any atom is -0.444 e. The number of hydrogen-bond acceptors (Lipinski definition) is 4. The van der Waals surface area contributed by atoms with Crippen molar-refractivity contribution >= 4 is 6.09 Å². The Kier molecular flexibility index (Phi) is 5.32. The molecule has 0 heterocycles. The number of ether oxygens (including phenoxy) is 1. The van der Waals surface area contributed by atoms with E-state index in [9.17, 15) is 9.90 Å². The summed E-state index contributed by atoms with van der Waals surface area (Å²) in [6, 6.07) is -0.794. The molecule has 0 aliphatic heterocycles. The van der Waals surface area contributed by atoms with Crippen molar-refractivity contribution in [1.29, 1.82) is 0 Å². The first-order valence-corrected chi connectivity index (χ1v) is 4.71. The fourth-order valence-electron chi connectivity index (χ4n) is 0.862. The highest BCUT2D eigenvalue weighted by atomic mass is 16.6. The van der Waals surface area contributed by atoms with Crippen LogP contribution in [-0.2, 0) is 4.74 Å². The molecular formula is C10H19NO4. The molecule has 0 rings (SSSR count). The smallest absolute Gasteiger partial charge is 0.408 e. The van der Waals surface area contributed by atoms with Crippen LogP contribution in [0.4, 0.5) is 4.79 Å². The summed E-state index contributed by atoms with van der Waals surface area (Å²) in [5.74, 6) is 0. The Balaban J connectivity index is 4.19. The molecule has 0 aromatic carbocycles. The molecule has 0 unspecified atom stereocenters. The number of rotatable bonds is 4. The minimum absolute atomic E-state index is 0.383. The first-order chi connectivity index (χ1) is 6.80. The van der Waals surface area contributed by atoms with Crippen LogP contribution in [0.5, 0.6) is 0 Å². The van der Waals surface area contributed by atoms with E-state index >= 15 is 0 Å². The van der Waals surface area contributed by atoms with Gasteiger partial charge in [-0.15, -0.1) is 6.58 Å². The number of hydrogen-bond donors (Lipinski definition) is 3. The van der Waals surface area contributed by atoms with E-state index in [-0.39, 0.29) is 6.61 Å². The zero-order valence-corrected chi connectivity index (χ0v) is 9.36. The van der Waals surface area contributed by atoms with E-state index in [1.807, 2.05) is 0 Å². The molecule has 0 saturated heterocycles. The SMILES string of the molecule is C=C[C@H](O)[C@@H](CO)NC(=O)OC(C)(C)C. The van der Waals surface area contributed by atoms with Crippen LogP contribution in [0, 0.1) is 0 Å². The Labute approximate surface area is 89.7 Å². The van der Waals surface area contributed by atoms with Crippen LogP contribution in [0.2, 0.25) is 0 Å². The molecule has 0 aromatic heterocycles. The molecule has 5 heteroatoms. The van der Waals surface area contributed by atoms with Gasteiger partial charge in [0.25, 0.3) is 0 Å². The van der Waals surface area contributed by atoms with Gasteiger partial charge in [0.15, 0.2) is 0 Å². The van der Waals surface area contributed by atoms with Gasteiger partial charge < -0.3 is 20.3 Å². The summed E-state index contributed by atoms with van der Waals surface area (Å²) in [7, 11) is 0. The summed E-state index contributed by atoms with van der Waals surface area (Å²) in [4.78, 5) is 11.3. The van der Waals surface area contributed by atoms with Gasteiger partial charge in [-0.1, -0.05) is 6.08 Å². The molecule has 0 spiro atoms. The van der Waals surface area contributed by atoms with Gasteiger partial charge in [0.2, 0.25) is 0 Å². The lowest BCUT2D eigenvalue weighted by molar-refractivity contribution is 0.0406. The van der Waals surface area contributed by atoms with Crippen LogP contribution in [0.25, 0.3) is 0 Å². The Morgan fingerprint density at radius 2 is 2.13 bits per heavy atom. The topological polar surface area (TPSA) is 78.8 Å². The zero-order chi connectivity index (χ0) is 12.1. The van der Waals surface area contributed by atoms with Crippen molar-refractivity contribution in [3.63, 3.8) is 0 Å². The zero-order valence-electron chi connectivity index (χ0n) is 9.36. The monoisotopic (exact) mass is 217 g/mol. The largest absolute Gasteiger partial charge is 0.444 e. The van der Waals surface area contributed by atoms with Crippen LogP contribution in [-0.4, -0.2) is 40.7 Å². The highest BCUT2D eigenvalue weighted by molar-refractivity contribution is 5.68. The summed E-state index contributed by atoms with van der Waals surface area (Å²) in [5, 5.41) is 20.6. The van der Waals surface area contributed by atoms with Gasteiger partial charge in [-0.2, -0.15) is 0 Å². The summed E-state index contributed by atoms with van der Waals surface area (Å²) in [6.45, 7) is 8.16. The van der Waals surface area contributed by atoms with Crippen molar-refractivity contribution in [2.75, 3.05) is 6.61 Å². The lowest BCUT2D eigenvalue weighted by Gasteiger charge is -2.24. The molecule has 3 N–H and O–H groups in total. The minimum atomic E-state index is -0.998. The molecule has 0 aliphatic rings. The summed E-state index contributed by atoms with van der Waals surface area (Å²) in [6.07, 6.45) is -0.442. The van der Waals surface area contributed by atoms with Crippen LogP contribution in [0.3, 0.4) is 0 Å². The Bertz CT molecular complexity index is 222. The van der Waals surface area contributed by atoms with Gasteiger partial charge in [0.05, 0.1) is 18.8 Å². The molecular weight excluding hydrogens is 198 g/mol. The standard InChI is InChI=1S/C10H19NO4/c1-5-8(13)7(6-12)11-9(14)15-10(2,3)4/h5,7-8,12-13H,1,6H2,2-4H3,(H,11,14)/t7-,8+/m1/s1. The molecule has 2 atom stereocenters. The third kappa shape index (κ3) is 6.09. The molecule has 0 radical (unpaired) electrons. The van der Waals surface area contributed by atoms with E-state index in [1.165, 1.54) is 6.08 Å². The van der Waals surface area contributed by atoms with E-state index in [0.29, 0.717) is 0 Å². The fraction of sp³-hybridized carbons (Fsp3) is 0.700. The summed E-state index contributed by atoms with van der Waals surface area (Å²) >= 11 is 0. The summed E-state index contributed by atoms with van der Waals surface area (Å²) < 4.78 is 4.96. The number of nitrogens with one attached hydrogen (secondary N) is 1. The molecule has 0 fully saturated rings. The lowest BCUT2D eigenvalue weighted by atomic mass is 10.2. The lowest BCUT2D eigenvalue weighted by Crippen LogP contribution is -2.46. The fourth-order valence-corrected chi connectivity index (χ4v) is 0.862. The molecule has 0 aliphatic carbocycles. The normalized spacial score (nSPS) is 15.3. The van der Waals surface area contributed by atoms with Crippen LogP contribution >= 0.6 is 0 Å². The maximum Gasteiger partial charge on any atom is 0.408 e. The number of carbonyl (C=O) groups is 1. The van der Waals surface area contributed by atoms with Gasteiger partial charge in [0, 0.05) is 0 Å². The third-order valence-electron chi connectivity index (χ3n) is 1.55. The summed E-state index contributed by atoms with van der Waals surface area (Å²) in [5.41, 5.74) is -0.608.